The molecular weight excluding hydrogens is 210 g/mol. The van der Waals surface area contributed by atoms with E-state index in [-0.39, 0.29) is 0 Å². The van der Waals surface area contributed by atoms with Gasteiger partial charge in [-0.1, -0.05) is 13.8 Å². The second-order valence-electron chi connectivity index (χ2n) is 6.27. The number of piperazine rings is 1. The molecule has 2 aliphatic rings. The van der Waals surface area contributed by atoms with E-state index >= 15 is 0 Å². The molecule has 0 aromatic heterocycles. The highest BCUT2D eigenvalue weighted by Crippen LogP contribution is 2.16. The van der Waals surface area contributed by atoms with Gasteiger partial charge in [0.05, 0.1) is 0 Å². The van der Waals surface area contributed by atoms with Gasteiger partial charge in [0.15, 0.2) is 0 Å². The van der Waals surface area contributed by atoms with E-state index < -0.39 is 0 Å². The smallest absolute Gasteiger partial charge is 0.0222 e. The van der Waals surface area contributed by atoms with Crippen molar-refractivity contribution in [2.45, 2.75) is 45.7 Å². The quantitative estimate of drug-likeness (QED) is 0.803. The molecule has 0 aromatic rings. The van der Waals surface area contributed by atoms with Crippen molar-refractivity contribution in [3.63, 3.8) is 0 Å². The van der Waals surface area contributed by atoms with E-state index in [0.29, 0.717) is 0 Å². The summed E-state index contributed by atoms with van der Waals surface area (Å²) in [6.07, 6.45) is 2.73. The van der Waals surface area contributed by atoms with Crippen LogP contribution in [0.2, 0.25) is 0 Å². The summed E-state index contributed by atoms with van der Waals surface area (Å²) in [6.45, 7) is 14.5. The average molecular weight is 239 g/mol. The molecule has 2 aliphatic heterocycles. The van der Waals surface area contributed by atoms with Crippen molar-refractivity contribution in [2.75, 3.05) is 39.3 Å². The molecule has 2 fully saturated rings. The molecule has 17 heavy (non-hydrogen) atoms. The van der Waals surface area contributed by atoms with Gasteiger partial charge < -0.3 is 10.2 Å². The zero-order chi connectivity index (χ0) is 12.3. The third kappa shape index (κ3) is 3.94. The van der Waals surface area contributed by atoms with Crippen molar-refractivity contribution in [2.24, 2.45) is 5.92 Å². The maximum atomic E-state index is 3.62. The number of hydrogen-bond donors (Lipinski definition) is 1. The summed E-state index contributed by atoms with van der Waals surface area (Å²) in [5.74, 6) is 0.804. The van der Waals surface area contributed by atoms with Gasteiger partial charge in [0.1, 0.15) is 0 Å². The number of piperidine rings is 1. The summed E-state index contributed by atoms with van der Waals surface area (Å²) >= 11 is 0. The Morgan fingerprint density at radius 2 is 1.82 bits per heavy atom. The van der Waals surface area contributed by atoms with Crippen LogP contribution in [0.5, 0.6) is 0 Å². The van der Waals surface area contributed by atoms with Gasteiger partial charge in [-0.15, -0.1) is 0 Å². The fourth-order valence-corrected chi connectivity index (χ4v) is 3.12. The van der Waals surface area contributed by atoms with E-state index in [2.05, 4.69) is 35.9 Å². The normalized spacial score (nSPS) is 33.2. The lowest BCUT2D eigenvalue weighted by atomic mass is 10.00. The second-order valence-corrected chi connectivity index (χ2v) is 6.27. The predicted molar refractivity (Wildman–Crippen MR) is 73.3 cm³/mol. The molecule has 0 aliphatic carbocycles. The highest BCUT2D eigenvalue weighted by Gasteiger charge is 2.26. The van der Waals surface area contributed by atoms with Gasteiger partial charge in [-0.3, -0.25) is 4.90 Å². The van der Waals surface area contributed by atoms with Crippen LogP contribution in [0.25, 0.3) is 0 Å². The van der Waals surface area contributed by atoms with Gasteiger partial charge in [0, 0.05) is 51.4 Å². The maximum Gasteiger partial charge on any atom is 0.0222 e. The topological polar surface area (TPSA) is 18.5 Å². The molecule has 2 unspecified atom stereocenters. The summed E-state index contributed by atoms with van der Waals surface area (Å²) in [5, 5.41) is 3.62. The fourth-order valence-electron chi connectivity index (χ4n) is 3.12. The first-order valence-electron chi connectivity index (χ1n) is 7.35. The lowest BCUT2D eigenvalue weighted by Gasteiger charge is -2.42. The Bertz CT molecular complexity index is 214. The van der Waals surface area contributed by atoms with E-state index in [0.717, 1.165) is 18.0 Å². The third-order valence-corrected chi connectivity index (χ3v) is 4.18. The molecule has 3 heteroatoms. The van der Waals surface area contributed by atoms with Crippen LogP contribution >= 0.6 is 0 Å². The van der Waals surface area contributed by atoms with Crippen molar-refractivity contribution in [1.82, 2.24) is 15.1 Å². The van der Waals surface area contributed by atoms with Gasteiger partial charge >= 0.3 is 0 Å². The zero-order valence-electron chi connectivity index (χ0n) is 11.8. The van der Waals surface area contributed by atoms with Crippen LogP contribution < -0.4 is 5.32 Å². The molecule has 0 amide bonds. The summed E-state index contributed by atoms with van der Waals surface area (Å²) in [5.41, 5.74) is 0. The number of hydrogen-bond acceptors (Lipinski definition) is 3. The minimum absolute atomic E-state index is 0.730. The van der Waals surface area contributed by atoms with Crippen molar-refractivity contribution < 1.29 is 0 Å². The van der Waals surface area contributed by atoms with Gasteiger partial charge in [-0.2, -0.15) is 0 Å². The SMILES string of the molecule is CC(C)CN1CCN(C2CCC(C)NC2)CC1. The minimum Gasteiger partial charge on any atom is -0.313 e. The standard InChI is InChI=1S/C14H29N3/c1-12(2)11-16-6-8-17(9-7-16)14-5-4-13(3)15-10-14/h12-15H,4-11H2,1-3H3. The number of rotatable bonds is 3. The molecular formula is C14H29N3. The van der Waals surface area contributed by atoms with Crippen molar-refractivity contribution in [1.29, 1.82) is 0 Å². The van der Waals surface area contributed by atoms with Crippen LogP contribution in [-0.2, 0) is 0 Å². The van der Waals surface area contributed by atoms with Gasteiger partial charge in [0.25, 0.3) is 0 Å². The maximum absolute atomic E-state index is 3.62. The summed E-state index contributed by atoms with van der Waals surface area (Å²) in [6, 6.07) is 1.53. The Morgan fingerprint density at radius 1 is 1.12 bits per heavy atom. The lowest BCUT2D eigenvalue weighted by molar-refractivity contribution is 0.0742. The molecule has 1 N–H and O–H groups in total. The van der Waals surface area contributed by atoms with Gasteiger partial charge in [-0.25, -0.2) is 0 Å². The van der Waals surface area contributed by atoms with Crippen LogP contribution in [0.1, 0.15) is 33.6 Å². The Hall–Kier alpha value is -0.120. The zero-order valence-corrected chi connectivity index (χ0v) is 11.8. The van der Waals surface area contributed by atoms with E-state index in [1.165, 1.54) is 52.1 Å². The highest BCUT2D eigenvalue weighted by atomic mass is 15.3. The number of nitrogens with one attached hydrogen (secondary N) is 1. The summed E-state index contributed by atoms with van der Waals surface area (Å²) in [7, 11) is 0. The third-order valence-electron chi connectivity index (χ3n) is 4.18. The monoisotopic (exact) mass is 239 g/mol. The molecule has 3 nitrogen and oxygen atoms in total. The fraction of sp³-hybridized carbons (Fsp3) is 1.00. The Kier molecular flexibility index (Phi) is 4.83. The second kappa shape index (κ2) is 6.17. The van der Waals surface area contributed by atoms with Gasteiger partial charge in [-0.05, 0) is 25.7 Å². The van der Waals surface area contributed by atoms with E-state index in [1.54, 1.807) is 0 Å². The molecule has 2 rings (SSSR count). The van der Waals surface area contributed by atoms with E-state index in [1.807, 2.05) is 0 Å². The molecule has 0 aromatic carbocycles. The average Bonchev–Trinajstić information content (AvgIpc) is 2.30. The van der Waals surface area contributed by atoms with Gasteiger partial charge in [0.2, 0.25) is 0 Å². The highest BCUT2D eigenvalue weighted by molar-refractivity contribution is 4.85. The van der Waals surface area contributed by atoms with Crippen molar-refractivity contribution in [3.05, 3.63) is 0 Å². The van der Waals surface area contributed by atoms with E-state index in [4.69, 9.17) is 0 Å². The Balaban J connectivity index is 1.71. The van der Waals surface area contributed by atoms with Crippen LogP contribution in [0.4, 0.5) is 0 Å². The summed E-state index contributed by atoms with van der Waals surface area (Å²) in [4.78, 5) is 5.33. The molecule has 0 saturated carbocycles. The first kappa shape index (κ1) is 13.3. The first-order chi connectivity index (χ1) is 8.15. The van der Waals surface area contributed by atoms with Crippen molar-refractivity contribution in [3.8, 4) is 0 Å². The minimum atomic E-state index is 0.730. The summed E-state index contributed by atoms with van der Waals surface area (Å²) < 4.78 is 0. The van der Waals surface area contributed by atoms with Crippen LogP contribution in [0.3, 0.4) is 0 Å². The lowest BCUT2D eigenvalue weighted by Crippen LogP contribution is -2.55. The molecule has 2 atom stereocenters. The largest absolute Gasteiger partial charge is 0.313 e. The molecule has 0 radical (unpaired) electrons. The molecule has 100 valence electrons. The molecule has 0 bridgehead atoms. The molecule has 2 heterocycles. The molecule has 2 saturated heterocycles. The molecule has 0 spiro atoms. The predicted octanol–water partition coefficient (Wildman–Crippen LogP) is 1.40. The van der Waals surface area contributed by atoms with Crippen LogP contribution in [0, 0.1) is 5.92 Å². The first-order valence-corrected chi connectivity index (χ1v) is 7.35. The number of nitrogens with zero attached hydrogens (tertiary/aromatic N) is 2. The Labute approximate surface area is 107 Å². The van der Waals surface area contributed by atoms with E-state index in [9.17, 15) is 0 Å². The van der Waals surface area contributed by atoms with Crippen LogP contribution in [0.15, 0.2) is 0 Å². The van der Waals surface area contributed by atoms with Crippen LogP contribution in [-0.4, -0.2) is 61.2 Å². The Morgan fingerprint density at radius 3 is 2.35 bits per heavy atom. The van der Waals surface area contributed by atoms with Crippen molar-refractivity contribution >= 4 is 0 Å².